The van der Waals surface area contributed by atoms with Gasteiger partial charge in [0.2, 0.25) is 0 Å². The van der Waals surface area contributed by atoms with E-state index in [1.54, 1.807) is 0 Å². The summed E-state index contributed by atoms with van der Waals surface area (Å²) in [5.74, 6) is 0.813. The van der Waals surface area contributed by atoms with Crippen LogP contribution in [0.4, 0.5) is 0 Å². The largest absolute Gasteiger partial charge is 0.489 e. The highest BCUT2D eigenvalue weighted by molar-refractivity contribution is 14.1. The number of benzene rings is 2. The van der Waals surface area contributed by atoms with E-state index < -0.39 is 0 Å². The molecule has 0 amide bonds. The quantitative estimate of drug-likeness (QED) is 0.662. The number of rotatable bonds is 4. The summed E-state index contributed by atoms with van der Waals surface area (Å²) < 4.78 is 6.90. The van der Waals surface area contributed by atoms with E-state index in [0.717, 1.165) is 16.9 Å². The van der Waals surface area contributed by atoms with Gasteiger partial charge in [0.25, 0.3) is 0 Å². The van der Waals surface area contributed by atoms with Crippen molar-refractivity contribution < 1.29 is 4.74 Å². The molecule has 0 aromatic heterocycles. The van der Waals surface area contributed by atoms with Crippen molar-refractivity contribution >= 4 is 39.8 Å². The molecule has 0 saturated heterocycles. The topological polar surface area (TPSA) is 35.2 Å². The molecular formula is C14H12INOS. The summed E-state index contributed by atoms with van der Waals surface area (Å²) in [6, 6.07) is 15.7. The van der Waals surface area contributed by atoms with Crippen LogP contribution in [-0.2, 0) is 6.61 Å². The Labute approximate surface area is 125 Å². The predicted octanol–water partition coefficient (Wildman–Crippen LogP) is 3.50. The Kier molecular flexibility index (Phi) is 4.54. The third-order valence-corrected chi connectivity index (χ3v) is 3.41. The van der Waals surface area contributed by atoms with Crippen molar-refractivity contribution in [3.05, 3.63) is 63.2 Å². The molecule has 0 radical (unpaired) electrons. The second kappa shape index (κ2) is 6.15. The van der Waals surface area contributed by atoms with Crippen molar-refractivity contribution in [1.82, 2.24) is 0 Å². The molecule has 2 nitrogen and oxygen atoms in total. The molecule has 2 aromatic carbocycles. The van der Waals surface area contributed by atoms with E-state index in [0.29, 0.717) is 11.6 Å². The number of thiocarbonyl (C=S) groups is 1. The van der Waals surface area contributed by atoms with Gasteiger partial charge in [0.15, 0.2) is 0 Å². The highest BCUT2D eigenvalue weighted by Crippen LogP contribution is 2.15. The maximum absolute atomic E-state index is 5.68. The molecular weight excluding hydrogens is 357 g/mol. The van der Waals surface area contributed by atoms with Crippen LogP contribution in [0.15, 0.2) is 48.5 Å². The Balaban J connectivity index is 1.97. The van der Waals surface area contributed by atoms with Crippen molar-refractivity contribution in [1.29, 1.82) is 0 Å². The molecule has 0 spiro atoms. The number of nitrogens with two attached hydrogens (primary N) is 1. The standard InChI is InChI=1S/C14H12INOS/c15-12-5-1-10(2-6-12)9-17-13-7-3-11(4-8-13)14(16)18/h1-8H,9H2,(H2,16,18). The molecule has 2 N–H and O–H groups in total. The second-order valence-corrected chi connectivity index (χ2v) is 5.49. The summed E-state index contributed by atoms with van der Waals surface area (Å²) >= 11 is 7.18. The molecule has 0 unspecified atom stereocenters. The monoisotopic (exact) mass is 369 g/mol. The van der Waals surface area contributed by atoms with Gasteiger partial charge >= 0.3 is 0 Å². The number of hydrogen-bond donors (Lipinski definition) is 1. The second-order valence-electron chi connectivity index (χ2n) is 3.80. The molecule has 0 aliphatic rings. The van der Waals surface area contributed by atoms with E-state index in [9.17, 15) is 0 Å². The maximum Gasteiger partial charge on any atom is 0.119 e. The Morgan fingerprint density at radius 2 is 1.67 bits per heavy atom. The lowest BCUT2D eigenvalue weighted by Crippen LogP contribution is -2.08. The Morgan fingerprint density at radius 1 is 1.06 bits per heavy atom. The molecule has 0 aliphatic carbocycles. The van der Waals surface area contributed by atoms with Crippen molar-refractivity contribution in [2.24, 2.45) is 5.73 Å². The van der Waals surface area contributed by atoms with Gasteiger partial charge in [-0.3, -0.25) is 0 Å². The lowest BCUT2D eigenvalue weighted by Gasteiger charge is -2.07. The minimum absolute atomic E-state index is 0.402. The minimum atomic E-state index is 0.402. The summed E-state index contributed by atoms with van der Waals surface area (Å²) in [6.07, 6.45) is 0. The van der Waals surface area contributed by atoms with Gasteiger partial charge in [-0.05, 0) is 64.6 Å². The molecule has 92 valence electrons. The SMILES string of the molecule is NC(=S)c1ccc(OCc2ccc(I)cc2)cc1. The molecule has 0 fully saturated rings. The Morgan fingerprint density at radius 3 is 2.22 bits per heavy atom. The summed E-state index contributed by atoms with van der Waals surface area (Å²) in [7, 11) is 0. The van der Waals surface area contributed by atoms with Crippen molar-refractivity contribution in [3.8, 4) is 5.75 Å². The zero-order valence-electron chi connectivity index (χ0n) is 9.60. The van der Waals surface area contributed by atoms with Crippen LogP contribution in [0.5, 0.6) is 5.75 Å². The maximum atomic E-state index is 5.68. The molecule has 4 heteroatoms. The molecule has 0 aliphatic heterocycles. The van der Waals surface area contributed by atoms with E-state index in [1.807, 2.05) is 24.3 Å². The lowest BCUT2D eigenvalue weighted by molar-refractivity contribution is 0.306. The van der Waals surface area contributed by atoms with E-state index in [4.69, 9.17) is 22.7 Å². The molecule has 2 rings (SSSR count). The van der Waals surface area contributed by atoms with Crippen LogP contribution in [0.1, 0.15) is 11.1 Å². The van der Waals surface area contributed by atoms with Gasteiger partial charge in [0.05, 0.1) is 0 Å². The first kappa shape index (κ1) is 13.3. The third kappa shape index (κ3) is 3.68. The van der Waals surface area contributed by atoms with Crippen molar-refractivity contribution in [3.63, 3.8) is 0 Å². The fraction of sp³-hybridized carbons (Fsp3) is 0.0714. The Hall–Kier alpha value is -1.14. The summed E-state index contributed by atoms with van der Waals surface area (Å²) in [4.78, 5) is 0.402. The van der Waals surface area contributed by atoms with Gasteiger partial charge in [-0.15, -0.1) is 0 Å². The Bertz CT molecular complexity index is 537. The smallest absolute Gasteiger partial charge is 0.119 e. The van der Waals surface area contributed by atoms with Crippen LogP contribution in [0, 0.1) is 3.57 Å². The average Bonchev–Trinajstić information content (AvgIpc) is 2.38. The molecule has 0 atom stereocenters. The summed E-state index contributed by atoms with van der Waals surface area (Å²) in [6.45, 7) is 0.559. The predicted molar refractivity (Wildman–Crippen MR) is 85.8 cm³/mol. The van der Waals surface area contributed by atoms with Gasteiger partial charge < -0.3 is 10.5 Å². The fourth-order valence-electron chi connectivity index (χ4n) is 1.46. The van der Waals surface area contributed by atoms with Gasteiger partial charge in [-0.1, -0.05) is 24.4 Å². The highest BCUT2D eigenvalue weighted by atomic mass is 127. The zero-order chi connectivity index (χ0) is 13.0. The van der Waals surface area contributed by atoms with Gasteiger partial charge in [-0.25, -0.2) is 0 Å². The van der Waals surface area contributed by atoms with Crippen LogP contribution in [0.25, 0.3) is 0 Å². The van der Waals surface area contributed by atoms with E-state index in [1.165, 1.54) is 3.57 Å². The van der Waals surface area contributed by atoms with Crippen LogP contribution >= 0.6 is 34.8 Å². The highest BCUT2D eigenvalue weighted by Gasteiger charge is 1.98. The van der Waals surface area contributed by atoms with E-state index in [-0.39, 0.29) is 0 Å². The first-order valence-electron chi connectivity index (χ1n) is 5.42. The van der Waals surface area contributed by atoms with Gasteiger partial charge in [0, 0.05) is 9.13 Å². The van der Waals surface area contributed by atoms with Crippen LogP contribution in [0.3, 0.4) is 0 Å². The first-order valence-corrected chi connectivity index (χ1v) is 6.91. The van der Waals surface area contributed by atoms with Crippen LogP contribution in [0.2, 0.25) is 0 Å². The molecule has 0 saturated carbocycles. The number of halogens is 1. The molecule has 2 aromatic rings. The van der Waals surface area contributed by atoms with Crippen LogP contribution in [-0.4, -0.2) is 4.99 Å². The van der Waals surface area contributed by atoms with Crippen molar-refractivity contribution in [2.75, 3.05) is 0 Å². The number of hydrogen-bond acceptors (Lipinski definition) is 2. The lowest BCUT2D eigenvalue weighted by atomic mass is 10.2. The summed E-state index contributed by atoms with van der Waals surface area (Å²) in [5, 5.41) is 0. The fourth-order valence-corrected chi connectivity index (χ4v) is 1.96. The average molecular weight is 369 g/mol. The normalized spacial score (nSPS) is 10.1. The minimum Gasteiger partial charge on any atom is -0.489 e. The zero-order valence-corrected chi connectivity index (χ0v) is 12.6. The molecule has 0 heterocycles. The van der Waals surface area contributed by atoms with Gasteiger partial charge in [0.1, 0.15) is 17.3 Å². The van der Waals surface area contributed by atoms with E-state index in [2.05, 4.69) is 46.9 Å². The number of ether oxygens (including phenoxy) is 1. The van der Waals surface area contributed by atoms with Crippen LogP contribution < -0.4 is 10.5 Å². The summed E-state index contributed by atoms with van der Waals surface area (Å²) in [5.41, 5.74) is 7.53. The molecule has 0 bridgehead atoms. The first-order chi connectivity index (χ1) is 8.65. The van der Waals surface area contributed by atoms with E-state index >= 15 is 0 Å². The molecule has 18 heavy (non-hydrogen) atoms. The van der Waals surface area contributed by atoms with Crippen molar-refractivity contribution in [2.45, 2.75) is 6.61 Å². The van der Waals surface area contributed by atoms with Gasteiger partial charge in [-0.2, -0.15) is 0 Å². The third-order valence-electron chi connectivity index (χ3n) is 2.46.